The number of nitrogens with zero attached hydrogens (tertiary/aromatic N) is 2. The SMILES string of the molecule is N#C/C(=C/c1ccc(N2CCOCC2)o1)C(=O)NCC1CCCO1. The number of carbonyl (C=O) groups excluding carboxylic acids is 1. The quantitative estimate of drug-likeness (QED) is 0.647. The van der Waals surface area contributed by atoms with Crippen molar-refractivity contribution in [1.82, 2.24) is 5.32 Å². The van der Waals surface area contributed by atoms with E-state index in [4.69, 9.17) is 13.9 Å². The number of nitrogens with one attached hydrogen (secondary N) is 1. The Balaban J connectivity index is 1.60. The largest absolute Gasteiger partial charge is 0.441 e. The Hall–Kier alpha value is -2.30. The van der Waals surface area contributed by atoms with Crippen molar-refractivity contribution in [3.05, 3.63) is 23.5 Å². The van der Waals surface area contributed by atoms with Crippen LogP contribution in [0.4, 0.5) is 5.88 Å². The summed E-state index contributed by atoms with van der Waals surface area (Å²) in [4.78, 5) is 14.2. The Morgan fingerprint density at radius 3 is 2.92 bits per heavy atom. The number of amides is 1. The van der Waals surface area contributed by atoms with Crippen LogP contribution in [0.2, 0.25) is 0 Å². The highest BCUT2D eigenvalue weighted by atomic mass is 16.5. The maximum atomic E-state index is 12.1. The highest BCUT2D eigenvalue weighted by Crippen LogP contribution is 2.21. The zero-order chi connectivity index (χ0) is 16.8. The molecule has 24 heavy (non-hydrogen) atoms. The smallest absolute Gasteiger partial charge is 0.262 e. The van der Waals surface area contributed by atoms with Crippen molar-refractivity contribution in [3.63, 3.8) is 0 Å². The van der Waals surface area contributed by atoms with Gasteiger partial charge in [-0.2, -0.15) is 5.26 Å². The van der Waals surface area contributed by atoms with Gasteiger partial charge < -0.3 is 24.1 Å². The molecule has 0 aliphatic carbocycles. The van der Waals surface area contributed by atoms with Gasteiger partial charge in [0, 0.05) is 38.4 Å². The van der Waals surface area contributed by atoms with Crippen LogP contribution in [-0.2, 0) is 14.3 Å². The van der Waals surface area contributed by atoms with Gasteiger partial charge in [0.15, 0.2) is 5.88 Å². The second-order valence-electron chi connectivity index (χ2n) is 5.79. The standard InChI is InChI=1S/C17H21N3O4/c18-11-13(17(21)19-12-15-2-1-7-23-15)10-14-3-4-16(24-14)20-5-8-22-9-6-20/h3-4,10,15H,1-2,5-9,12H2,(H,19,21)/b13-10-. The van der Waals surface area contributed by atoms with Crippen molar-refractivity contribution in [3.8, 4) is 6.07 Å². The fourth-order valence-electron chi connectivity index (χ4n) is 2.77. The second-order valence-corrected chi connectivity index (χ2v) is 5.79. The molecule has 128 valence electrons. The lowest BCUT2D eigenvalue weighted by Gasteiger charge is -2.26. The number of ether oxygens (including phenoxy) is 2. The first-order valence-electron chi connectivity index (χ1n) is 8.20. The zero-order valence-corrected chi connectivity index (χ0v) is 13.5. The lowest BCUT2D eigenvalue weighted by atomic mass is 10.2. The summed E-state index contributed by atoms with van der Waals surface area (Å²) in [6.45, 7) is 4.03. The molecule has 2 fully saturated rings. The summed E-state index contributed by atoms with van der Waals surface area (Å²) in [6, 6.07) is 5.53. The topological polar surface area (TPSA) is 87.7 Å². The zero-order valence-electron chi connectivity index (χ0n) is 13.5. The Kier molecular flexibility index (Phi) is 5.51. The number of anilines is 1. The molecular formula is C17H21N3O4. The number of nitriles is 1. The minimum absolute atomic E-state index is 0.0240. The second kappa shape index (κ2) is 7.99. The molecule has 3 rings (SSSR count). The Morgan fingerprint density at radius 1 is 1.38 bits per heavy atom. The lowest BCUT2D eigenvalue weighted by molar-refractivity contribution is -0.117. The third-order valence-electron chi connectivity index (χ3n) is 4.10. The molecule has 0 saturated carbocycles. The molecule has 7 nitrogen and oxygen atoms in total. The predicted molar refractivity (Wildman–Crippen MR) is 87.3 cm³/mol. The van der Waals surface area contributed by atoms with E-state index in [1.54, 1.807) is 6.07 Å². The van der Waals surface area contributed by atoms with Gasteiger partial charge in [0.1, 0.15) is 17.4 Å². The van der Waals surface area contributed by atoms with E-state index < -0.39 is 5.91 Å². The summed E-state index contributed by atoms with van der Waals surface area (Å²) in [5.74, 6) is 0.805. The van der Waals surface area contributed by atoms with Crippen LogP contribution in [0.5, 0.6) is 0 Å². The Labute approximate surface area is 140 Å². The minimum Gasteiger partial charge on any atom is -0.441 e. The van der Waals surface area contributed by atoms with Gasteiger partial charge in [0.2, 0.25) is 0 Å². The maximum absolute atomic E-state index is 12.1. The maximum Gasteiger partial charge on any atom is 0.262 e. The molecule has 1 unspecified atom stereocenters. The van der Waals surface area contributed by atoms with Gasteiger partial charge in [0.25, 0.3) is 5.91 Å². The van der Waals surface area contributed by atoms with E-state index in [1.165, 1.54) is 6.08 Å². The van der Waals surface area contributed by atoms with Gasteiger partial charge in [-0.05, 0) is 18.9 Å². The number of furan rings is 1. The Bertz CT molecular complexity index is 635. The summed E-state index contributed by atoms with van der Waals surface area (Å²) in [5.41, 5.74) is 0.0240. The molecule has 2 saturated heterocycles. The predicted octanol–water partition coefficient (Wildman–Crippen LogP) is 1.32. The molecule has 0 radical (unpaired) electrons. The number of morpholine rings is 1. The third-order valence-corrected chi connectivity index (χ3v) is 4.10. The van der Waals surface area contributed by atoms with E-state index in [1.807, 2.05) is 12.1 Å². The average molecular weight is 331 g/mol. The highest BCUT2D eigenvalue weighted by Gasteiger charge is 2.18. The minimum atomic E-state index is -0.405. The van der Waals surface area contributed by atoms with E-state index in [2.05, 4.69) is 10.2 Å². The van der Waals surface area contributed by atoms with Crippen LogP contribution in [0.15, 0.2) is 22.1 Å². The van der Waals surface area contributed by atoms with Crippen LogP contribution in [-0.4, -0.2) is 51.5 Å². The normalized spacial score (nSPS) is 21.5. The van der Waals surface area contributed by atoms with E-state index >= 15 is 0 Å². The van der Waals surface area contributed by atoms with Gasteiger partial charge in [-0.15, -0.1) is 0 Å². The van der Waals surface area contributed by atoms with E-state index in [0.29, 0.717) is 25.5 Å². The van der Waals surface area contributed by atoms with Crippen molar-refractivity contribution >= 4 is 17.9 Å². The number of hydrogen-bond acceptors (Lipinski definition) is 6. The van der Waals surface area contributed by atoms with Crippen molar-refractivity contribution < 1.29 is 18.7 Å². The highest BCUT2D eigenvalue weighted by molar-refractivity contribution is 6.01. The van der Waals surface area contributed by atoms with Gasteiger partial charge in [0.05, 0.1) is 19.3 Å². The van der Waals surface area contributed by atoms with E-state index in [9.17, 15) is 10.1 Å². The molecule has 2 aliphatic heterocycles. The molecule has 1 aromatic rings. The van der Waals surface area contributed by atoms with E-state index in [-0.39, 0.29) is 11.7 Å². The van der Waals surface area contributed by atoms with Gasteiger partial charge >= 0.3 is 0 Å². The molecule has 3 heterocycles. The van der Waals surface area contributed by atoms with Gasteiger partial charge in [-0.3, -0.25) is 4.79 Å². The molecule has 1 aromatic heterocycles. The average Bonchev–Trinajstić information content (AvgIpc) is 3.30. The fraction of sp³-hybridized carbons (Fsp3) is 0.529. The molecule has 0 bridgehead atoms. The van der Waals surface area contributed by atoms with Crippen LogP contribution in [0.1, 0.15) is 18.6 Å². The van der Waals surface area contributed by atoms with Crippen molar-refractivity contribution in [1.29, 1.82) is 5.26 Å². The van der Waals surface area contributed by atoms with Crippen molar-refractivity contribution in [2.75, 3.05) is 44.4 Å². The molecule has 0 aromatic carbocycles. The summed E-state index contributed by atoms with van der Waals surface area (Å²) < 4.78 is 16.5. The van der Waals surface area contributed by atoms with Crippen molar-refractivity contribution in [2.24, 2.45) is 0 Å². The molecule has 1 N–H and O–H groups in total. The van der Waals surface area contributed by atoms with Gasteiger partial charge in [-0.25, -0.2) is 0 Å². The summed E-state index contributed by atoms with van der Waals surface area (Å²) in [6.07, 6.45) is 3.46. The molecular weight excluding hydrogens is 310 g/mol. The number of rotatable bonds is 5. The van der Waals surface area contributed by atoms with Crippen molar-refractivity contribution in [2.45, 2.75) is 18.9 Å². The third kappa shape index (κ3) is 4.16. The van der Waals surface area contributed by atoms with Crippen LogP contribution < -0.4 is 10.2 Å². The first-order valence-corrected chi connectivity index (χ1v) is 8.20. The van der Waals surface area contributed by atoms with Gasteiger partial charge in [-0.1, -0.05) is 0 Å². The summed E-state index contributed by atoms with van der Waals surface area (Å²) >= 11 is 0. The molecule has 2 aliphatic rings. The summed E-state index contributed by atoms with van der Waals surface area (Å²) in [7, 11) is 0. The molecule has 7 heteroatoms. The van der Waals surface area contributed by atoms with E-state index in [0.717, 1.165) is 38.4 Å². The van der Waals surface area contributed by atoms with Crippen LogP contribution in [0.25, 0.3) is 6.08 Å². The monoisotopic (exact) mass is 331 g/mol. The lowest BCUT2D eigenvalue weighted by Crippen LogP contribution is -2.35. The molecule has 1 amide bonds. The molecule has 1 atom stereocenters. The van der Waals surface area contributed by atoms with Crippen LogP contribution in [0, 0.1) is 11.3 Å². The number of hydrogen-bond donors (Lipinski definition) is 1. The first-order chi connectivity index (χ1) is 11.8. The fourth-order valence-corrected chi connectivity index (χ4v) is 2.77. The first kappa shape index (κ1) is 16.6. The Morgan fingerprint density at radius 2 is 2.21 bits per heavy atom. The van der Waals surface area contributed by atoms with Crippen LogP contribution >= 0.6 is 0 Å². The van der Waals surface area contributed by atoms with Crippen LogP contribution in [0.3, 0.4) is 0 Å². The molecule has 0 spiro atoms. The summed E-state index contributed by atoms with van der Waals surface area (Å²) in [5, 5.41) is 12.0. The number of carbonyl (C=O) groups is 1.